The van der Waals surface area contributed by atoms with E-state index in [0.29, 0.717) is 6.42 Å². The SMILES string of the molecule is COc1ccc(Sc2ccccc2CC#N)cc1. The van der Waals surface area contributed by atoms with Crippen molar-refractivity contribution >= 4 is 11.8 Å². The van der Waals surface area contributed by atoms with Gasteiger partial charge in [0.05, 0.1) is 19.6 Å². The largest absolute Gasteiger partial charge is 0.497 e. The molecular weight excluding hydrogens is 242 g/mol. The number of nitriles is 1. The molecule has 0 aliphatic rings. The van der Waals surface area contributed by atoms with Gasteiger partial charge in [0.1, 0.15) is 5.75 Å². The van der Waals surface area contributed by atoms with Crippen molar-refractivity contribution in [1.82, 2.24) is 0 Å². The van der Waals surface area contributed by atoms with Gasteiger partial charge in [-0.1, -0.05) is 30.0 Å². The minimum Gasteiger partial charge on any atom is -0.497 e. The number of hydrogen-bond acceptors (Lipinski definition) is 3. The van der Waals surface area contributed by atoms with Crippen molar-refractivity contribution in [3.8, 4) is 11.8 Å². The van der Waals surface area contributed by atoms with Crippen LogP contribution in [0, 0.1) is 11.3 Å². The molecule has 2 rings (SSSR count). The summed E-state index contributed by atoms with van der Waals surface area (Å²) < 4.78 is 5.13. The maximum atomic E-state index is 8.80. The summed E-state index contributed by atoms with van der Waals surface area (Å²) in [5.41, 5.74) is 1.07. The van der Waals surface area contributed by atoms with Crippen molar-refractivity contribution in [1.29, 1.82) is 5.26 Å². The van der Waals surface area contributed by atoms with Gasteiger partial charge in [-0.2, -0.15) is 5.26 Å². The van der Waals surface area contributed by atoms with E-state index in [1.807, 2.05) is 48.5 Å². The Hall–Kier alpha value is -1.92. The van der Waals surface area contributed by atoms with E-state index < -0.39 is 0 Å². The van der Waals surface area contributed by atoms with Crippen LogP contribution < -0.4 is 4.74 Å². The predicted molar refractivity (Wildman–Crippen MR) is 72.9 cm³/mol. The lowest BCUT2D eigenvalue weighted by Gasteiger charge is -2.07. The summed E-state index contributed by atoms with van der Waals surface area (Å²) in [5.74, 6) is 0.852. The van der Waals surface area contributed by atoms with Gasteiger partial charge in [0.25, 0.3) is 0 Å². The lowest BCUT2D eigenvalue weighted by atomic mass is 10.2. The third-order valence-corrected chi connectivity index (χ3v) is 3.66. The lowest BCUT2D eigenvalue weighted by molar-refractivity contribution is 0.414. The summed E-state index contributed by atoms with van der Waals surface area (Å²) in [6.07, 6.45) is 0.444. The Kier molecular flexibility index (Phi) is 4.27. The second-order valence-corrected chi connectivity index (χ2v) is 4.84. The van der Waals surface area contributed by atoms with Gasteiger partial charge in [-0.25, -0.2) is 0 Å². The van der Waals surface area contributed by atoms with Crippen molar-refractivity contribution < 1.29 is 4.74 Å². The third kappa shape index (κ3) is 3.06. The van der Waals surface area contributed by atoms with Crippen molar-refractivity contribution in [2.45, 2.75) is 16.2 Å². The van der Waals surface area contributed by atoms with Crippen molar-refractivity contribution in [2.24, 2.45) is 0 Å². The molecule has 0 aromatic heterocycles. The Morgan fingerprint density at radius 1 is 1.11 bits per heavy atom. The van der Waals surface area contributed by atoms with Crippen LogP contribution in [0.4, 0.5) is 0 Å². The molecule has 0 aliphatic heterocycles. The quantitative estimate of drug-likeness (QED) is 0.830. The number of benzene rings is 2. The number of hydrogen-bond donors (Lipinski definition) is 0. The highest BCUT2D eigenvalue weighted by atomic mass is 32.2. The Morgan fingerprint density at radius 2 is 1.83 bits per heavy atom. The number of methoxy groups -OCH3 is 1. The van der Waals surface area contributed by atoms with E-state index in [4.69, 9.17) is 10.00 Å². The molecule has 0 amide bonds. The van der Waals surface area contributed by atoms with E-state index in [9.17, 15) is 0 Å². The summed E-state index contributed by atoms with van der Waals surface area (Å²) in [6.45, 7) is 0. The molecule has 0 N–H and O–H groups in total. The molecule has 0 fully saturated rings. The molecule has 18 heavy (non-hydrogen) atoms. The van der Waals surface area contributed by atoms with Gasteiger partial charge >= 0.3 is 0 Å². The molecular formula is C15H13NOS. The molecule has 2 aromatic rings. The Morgan fingerprint density at radius 3 is 2.50 bits per heavy atom. The van der Waals surface area contributed by atoms with Crippen molar-refractivity contribution in [3.05, 3.63) is 54.1 Å². The van der Waals surface area contributed by atoms with Crippen LogP contribution in [0.25, 0.3) is 0 Å². The van der Waals surface area contributed by atoms with Gasteiger partial charge in [-0.3, -0.25) is 0 Å². The summed E-state index contributed by atoms with van der Waals surface area (Å²) in [6, 6.07) is 18.1. The van der Waals surface area contributed by atoms with Crippen LogP contribution in [-0.2, 0) is 6.42 Å². The Balaban J connectivity index is 2.20. The fourth-order valence-corrected chi connectivity index (χ4v) is 2.55. The van der Waals surface area contributed by atoms with Gasteiger partial charge in [0.15, 0.2) is 0 Å². The van der Waals surface area contributed by atoms with Gasteiger partial charge in [-0.05, 0) is 35.9 Å². The fourth-order valence-electron chi connectivity index (χ4n) is 1.61. The molecule has 2 aromatic carbocycles. The van der Waals surface area contributed by atoms with Gasteiger partial charge < -0.3 is 4.74 Å². The van der Waals surface area contributed by atoms with Crippen LogP contribution >= 0.6 is 11.8 Å². The Bertz CT molecular complexity index is 557. The van der Waals surface area contributed by atoms with Crippen molar-refractivity contribution in [3.63, 3.8) is 0 Å². The van der Waals surface area contributed by atoms with E-state index in [1.165, 1.54) is 0 Å². The molecule has 3 heteroatoms. The standard InChI is InChI=1S/C15H13NOS/c1-17-13-6-8-14(9-7-13)18-15-5-3-2-4-12(15)10-11-16/h2-9H,10H2,1H3. The van der Waals surface area contributed by atoms with Crippen LogP contribution in [0.1, 0.15) is 5.56 Å². The summed E-state index contributed by atoms with van der Waals surface area (Å²) in [4.78, 5) is 2.27. The second-order valence-electron chi connectivity index (χ2n) is 3.72. The molecule has 0 saturated heterocycles. The maximum absolute atomic E-state index is 8.80. The van der Waals surface area contributed by atoms with Crippen LogP contribution in [-0.4, -0.2) is 7.11 Å². The zero-order chi connectivity index (χ0) is 12.8. The maximum Gasteiger partial charge on any atom is 0.118 e. The smallest absolute Gasteiger partial charge is 0.118 e. The van der Waals surface area contributed by atoms with E-state index in [2.05, 4.69) is 6.07 Å². The highest BCUT2D eigenvalue weighted by Crippen LogP contribution is 2.31. The monoisotopic (exact) mass is 255 g/mol. The average molecular weight is 255 g/mol. The summed E-state index contributed by atoms with van der Waals surface area (Å²) in [5, 5.41) is 8.80. The molecule has 0 radical (unpaired) electrons. The van der Waals surface area contributed by atoms with Crippen LogP contribution in [0.3, 0.4) is 0 Å². The lowest BCUT2D eigenvalue weighted by Crippen LogP contribution is -1.86. The second kappa shape index (κ2) is 6.13. The number of ether oxygens (including phenoxy) is 1. The molecule has 0 heterocycles. The van der Waals surface area contributed by atoms with Gasteiger partial charge in [0, 0.05) is 9.79 Å². The molecule has 0 bridgehead atoms. The average Bonchev–Trinajstić information content (AvgIpc) is 2.42. The molecule has 0 unspecified atom stereocenters. The zero-order valence-electron chi connectivity index (χ0n) is 10.1. The number of nitrogens with zero attached hydrogens (tertiary/aromatic N) is 1. The topological polar surface area (TPSA) is 33.0 Å². The predicted octanol–water partition coefficient (Wildman–Crippen LogP) is 3.91. The van der Waals surface area contributed by atoms with Crippen LogP contribution in [0.5, 0.6) is 5.75 Å². The van der Waals surface area contributed by atoms with E-state index >= 15 is 0 Å². The first kappa shape index (κ1) is 12.5. The minimum atomic E-state index is 0.444. The van der Waals surface area contributed by atoms with Crippen LogP contribution in [0.2, 0.25) is 0 Å². The van der Waals surface area contributed by atoms with E-state index in [1.54, 1.807) is 18.9 Å². The third-order valence-electron chi connectivity index (χ3n) is 2.53. The first-order valence-electron chi connectivity index (χ1n) is 5.60. The molecule has 90 valence electrons. The highest BCUT2D eigenvalue weighted by Gasteiger charge is 2.03. The van der Waals surface area contributed by atoms with Gasteiger partial charge in [-0.15, -0.1) is 0 Å². The molecule has 2 nitrogen and oxygen atoms in total. The zero-order valence-corrected chi connectivity index (χ0v) is 10.9. The normalized spacial score (nSPS) is 9.78. The van der Waals surface area contributed by atoms with E-state index in [0.717, 1.165) is 21.1 Å². The fraction of sp³-hybridized carbons (Fsp3) is 0.133. The summed E-state index contributed by atoms with van der Waals surface area (Å²) >= 11 is 1.67. The molecule has 0 spiro atoms. The van der Waals surface area contributed by atoms with Crippen LogP contribution in [0.15, 0.2) is 58.3 Å². The Labute approximate surface area is 111 Å². The number of rotatable bonds is 4. The molecule has 0 atom stereocenters. The van der Waals surface area contributed by atoms with E-state index in [-0.39, 0.29) is 0 Å². The van der Waals surface area contributed by atoms with Gasteiger partial charge in [0.2, 0.25) is 0 Å². The first-order valence-corrected chi connectivity index (χ1v) is 6.42. The highest BCUT2D eigenvalue weighted by molar-refractivity contribution is 7.99. The molecule has 0 saturated carbocycles. The minimum absolute atomic E-state index is 0.444. The first-order chi connectivity index (χ1) is 8.83. The summed E-state index contributed by atoms with van der Waals surface area (Å²) in [7, 11) is 1.66. The van der Waals surface area contributed by atoms with Crippen molar-refractivity contribution in [2.75, 3.05) is 7.11 Å². The molecule has 0 aliphatic carbocycles.